The molecule has 1 aliphatic rings. The van der Waals surface area contributed by atoms with Gasteiger partial charge < -0.3 is 0 Å². The Morgan fingerprint density at radius 1 is 0.971 bits per heavy atom. The van der Waals surface area contributed by atoms with Crippen molar-refractivity contribution >= 4 is 34.9 Å². The fourth-order valence-corrected chi connectivity index (χ4v) is 4.24. The maximum absolute atomic E-state index is 13.5. The molecular formula is C26H21ClF3N3O2. The summed E-state index contributed by atoms with van der Waals surface area (Å²) in [5, 5.41) is 6.31. The van der Waals surface area contributed by atoms with E-state index in [9.17, 15) is 22.8 Å². The second kappa shape index (κ2) is 9.19. The summed E-state index contributed by atoms with van der Waals surface area (Å²) < 4.78 is 38.9. The summed E-state index contributed by atoms with van der Waals surface area (Å²) in [4.78, 5) is 26.8. The predicted molar refractivity (Wildman–Crippen MR) is 128 cm³/mol. The largest absolute Gasteiger partial charge is 0.416 e. The summed E-state index contributed by atoms with van der Waals surface area (Å²) >= 11 is 6.05. The van der Waals surface area contributed by atoms with Crippen LogP contribution in [0.15, 0.2) is 84.0 Å². The molecule has 0 saturated heterocycles. The number of carbonyl (C=O) groups excluding carboxylic acids is 2. The number of hydrogen-bond acceptors (Lipinski definition) is 3. The third kappa shape index (κ3) is 4.79. The number of anilines is 1. The zero-order chi connectivity index (χ0) is 25.4. The van der Waals surface area contributed by atoms with Crippen LogP contribution in [0.2, 0.25) is 5.02 Å². The second-order valence-electron chi connectivity index (χ2n) is 8.39. The van der Waals surface area contributed by atoms with Crippen molar-refractivity contribution in [3.63, 3.8) is 0 Å². The highest BCUT2D eigenvalue weighted by atomic mass is 35.5. The number of imide groups is 1. The van der Waals surface area contributed by atoms with E-state index in [1.165, 1.54) is 11.9 Å². The molecule has 180 valence electrons. The molecule has 1 atom stereocenters. The van der Waals surface area contributed by atoms with Gasteiger partial charge in [-0.3, -0.25) is 4.79 Å². The first kappa shape index (κ1) is 24.5. The number of carbonyl (C=O) groups is 2. The molecule has 4 rings (SSSR count). The van der Waals surface area contributed by atoms with Crippen molar-refractivity contribution in [3.8, 4) is 0 Å². The summed E-state index contributed by atoms with van der Waals surface area (Å²) in [6, 6.07) is 19.6. The summed E-state index contributed by atoms with van der Waals surface area (Å²) in [6.07, 6.45) is -4.53. The number of nitrogens with zero attached hydrogens (tertiary/aromatic N) is 3. The first-order valence-electron chi connectivity index (χ1n) is 10.7. The van der Waals surface area contributed by atoms with E-state index in [1.54, 1.807) is 24.3 Å². The Kier molecular flexibility index (Phi) is 6.42. The van der Waals surface area contributed by atoms with Gasteiger partial charge in [0.15, 0.2) is 0 Å². The molecule has 9 heteroatoms. The molecule has 0 saturated carbocycles. The van der Waals surface area contributed by atoms with Gasteiger partial charge in [-0.05, 0) is 54.4 Å². The zero-order valence-corrected chi connectivity index (χ0v) is 19.6. The first-order valence-corrected chi connectivity index (χ1v) is 11.1. The topological polar surface area (TPSA) is 53.0 Å². The van der Waals surface area contributed by atoms with Crippen LogP contribution in [0.1, 0.15) is 30.5 Å². The lowest BCUT2D eigenvalue weighted by atomic mass is 9.76. The first-order chi connectivity index (χ1) is 16.5. The molecule has 3 aromatic carbocycles. The van der Waals surface area contributed by atoms with Gasteiger partial charge in [0.1, 0.15) is 0 Å². The number of benzene rings is 3. The lowest BCUT2D eigenvalue weighted by molar-refractivity contribution is -0.137. The SMILES string of the molecule is CC(=O)N(C(=O)N1CC(C)(c2ccccc2)C(c2ccc(Cl)cc2)=N1)c1ccc(C(F)(F)F)cc1. The molecule has 0 aliphatic carbocycles. The lowest BCUT2D eigenvalue weighted by Gasteiger charge is -2.28. The Labute approximate surface area is 205 Å². The smallest absolute Gasteiger partial charge is 0.274 e. The molecule has 0 fully saturated rings. The molecule has 1 heterocycles. The minimum Gasteiger partial charge on any atom is -0.274 e. The van der Waals surface area contributed by atoms with Crippen LogP contribution in [-0.4, -0.2) is 29.2 Å². The molecule has 1 aliphatic heterocycles. The molecule has 0 aromatic heterocycles. The number of alkyl halides is 3. The molecule has 0 N–H and O–H groups in total. The van der Waals surface area contributed by atoms with Crippen molar-refractivity contribution in [2.24, 2.45) is 5.10 Å². The van der Waals surface area contributed by atoms with Crippen molar-refractivity contribution in [1.82, 2.24) is 5.01 Å². The third-order valence-corrected chi connectivity index (χ3v) is 6.17. The minimum absolute atomic E-state index is 0.0204. The van der Waals surface area contributed by atoms with E-state index in [1.807, 2.05) is 37.3 Å². The normalized spacial score (nSPS) is 17.8. The van der Waals surface area contributed by atoms with Gasteiger partial charge in [0.25, 0.3) is 0 Å². The number of hydrogen-bond donors (Lipinski definition) is 0. The van der Waals surface area contributed by atoms with Gasteiger partial charge in [-0.15, -0.1) is 0 Å². The molecule has 3 aromatic rings. The summed E-state index contributed by atoms with van der Waals surface area (Å²) in [5.74, 6) is -0.647. The number of halogens is 4. The monoisotopic (exact) mass is 499 g/mol. The van der Waals surface area contributed by atoms with Gasteiger partial charge >= 0.3 is 12.2 Å². The van der Waals surface area contributed by atoms with E-state index in [0.29, 0.717) is 10.7 Å². The maximum atomic E-state index is 13.5. The average Bonchev–Trinajstić information content (AvgIpc) is 3.18. The number of urea groups is 1. The van der Waals surface area contributed by atoms with Crippen molar-refractivity contribution in [2.75, 3.05) is 11.4 Å². The van der Waals surface area contributed by atoms with Crippen LogP contribution in [0.3, 0.4) is 0 Å². The highest BCUT2D eigenvalue weighted by molar-refractivity contribution is 6.30. The highest BCUT2D eigenvalue weighted by Crippen LogP contribution is 2.36. The third-order valence-electron chi connectivity index (χ3n) is 5.92. The Morgan fingerprint density at radius 3 is 2.11 bits per heavy atom. The lowest BCUT2D eigenvalue weighted by Crippen LogP contribution is -2.45. The average molecular weight is 500 g/mol. The van der Waals surface area contributed by atoms with Crippen LogP contribution in [0, 0.1) is 0 Å². The van der Waals surface area contributed by atoms with Crippen molar-refractivity contribution in [2.45, 2.75) is 25.4 Å². The van der Waals surface area contributed by atoms with E-state index in [2.05, 4.69) is 5.10 Å². The van der Waals surface area contributed by atoms with Crippen LogP contribution >= 0.6 is 11.6 Å². The van der Waals surface area contributed by atoms with Gasteiger partial charge in [-0.25, -0.2) is 14.7 Å². The zero-order valence-electron chi connectivity index (χ0n) is 18.9. The fourth-order valence-electron chi connectivity index (χ4n) is 4.11. The van der Waals surface area contributed by atoms with Gasteiger partial charge in [-0.2, -0.15) is 18.3 Å². The van der Waals surface area contributed by atoms with Crippen molar-refractivity contribution in [3.05, 3.63) is 101 Å². The molecule has 0 radical (unpaired) electrons. The Balaban J connectivity index is 1.74. The van der Waals surface area contributed by atoms with E-state index < -0.39 is 29.1 Å². The standard InChI is InChI=1S/C26H21ClF3N3O2/c1-17(34)33(22-14-10-20(11-15-22)26(28,29)30)24(35)32-16-25(2,19-6-4-3-5-7-19)23(31-32)18-8-12-21(27)13-9-18/h3-15H,16H2,1-2H3. The molecule has 0 spiro atoms. The molecule has 1 unspecified atom stereocenters. The van der Waals surface area contributed by atoms with Crippen LogP contribution in [0.5, 0.6) is 0 Å². The number of rotatable bonds is 3. The predicted octanol–water partition coefficient (Wildman–Crippen LogP) is 6.51. The molecular weight excluding hydrogens is 479 g/mol. The Hall–Kier alpha value is -3.65. The summed E-state index contributed by atoms with van der Waals surface area (Å²) in [5.41, 5.74) is 0.690. The van der Waals surface area contributed by atoms with E-state index in [-0.39, 0.29) is 12.2 Å². The van der Waals surface area contributed by atoms with Crippen LogP contribution < -0.4 is 4.90 Å². The van der Waals surface area contributed by atoms with Crippen LogP contribution in [0.4, 0.5) is 23.7 Å². The van der Waals surface area contributed by atoms with Crippen molar-refractivity contribution < 1.29 is 22.8 Å². The van der Waals surface area contributed by atoms with E-state index >= 15 is 0 Å². The van der Waals surface area contributed by atoms with Gasteiger partial charge in [0.2, 0.25) is 5.91 Å². The molecule has 35 heavy (non-hydrogen) atoms. The van der Waals surface area contributed by atoms with E-state index in [0.717, 1.165) is 40.3 Å². The number of hydrazone groups is 1. The maximum Gasteiger partial charge on any atom is 0.416 e. The Bertz CT molecular complexity index is 1280. The van der Waals surface area contributed by atoms with Gasteiger partial charge in [-0.1, -0.05) is 54.1 Å². The minimum atomic E-state index is -4.53. The van der Waals surface area contributed by atoms with Gasteiger partial charge in [0.05, 0.1) is 28.9 Å². The van der Waals surface area contributed by atoms with Crippen LogP contribution in [-0.2, 0) is 16.4 Å². The molecule has 5 nitrogen and oxygen atoms in total. The fraction of sp³-hybridized carbons (Fsp3) is 0.192. The quantitative estimate of drug-likeness (QED) is 0.412. The van der Waals surface area contributed by atoms with E-state index in [4.69, 9.17) is 11.6 Å². The van der Waals surface area contributed by atoms with Crippen LogP contribution in [0.25, 0.3) is 0 Å². The highest BCUT2D eigenvalue weighted by Gasteiger charge is 2.44. The van der Waals surface area contributed by atoms with Crippen molar-refractivity contribution in [1.29, 1.82) is 0 Å². The molecule has 0 bridgehead atoms. The summed E-state index contributed by atoms with van der Waals surface area (Å²) in [7, 11) is 0. The Morgan fingerprint density at radius 2 is 1.57 bits per heavy atom. The molecule has 3 amide bonds. The second-order valence-corrected chi connectivity index (χ2v) is 8.83. The van der Waals surface area contributed by atoms with Gasteiger partial charge in [0, 0.05) is 11.9 Å². The summed E-state index contributed by atoms with van der Waals surface area (Å²) in [6.45, 7) is 3.24. The number of amides is 3.